The van der Waals surface area contributed by atoms with Gasteiger partial charge in [0.1, 0.15) is 11.6 Å². The first-order valence-corrected chi connectivity index (χ1v) is 10.0. The van der Waals surface area contributed by atoms with Gasteiger partial charge in [0.2, 0.25) is 5.91 Å². The summed E-state index contributed by atoms with van der Waals surface area (Å²) in [5.74, 6) is 2.56. The van der Waals surface area contributed by atoms with Crippen molar-refractivity contribution in [3.63, 3.8) is 0 Å². The van der Waals surface area contributed by atoms with E-state index in [1.807, 2.05) is 15.7 Å². The average molecular weight is 371 g/mol. The van der Waals surface area contributed by atoms with Gasteiger partial charge in [-0.05, 0) is 38.8 Å². The van der Waals surface area contributed by atoms with Crippen LogP contribution in [0.1, 0.15) is 49.7 Å². The molecule has 4 rings (SSSR count). The molecule has 0 unspecified atom stereocenters. The predicted octanol–water partition coefficient (Wildman–Crippen LogP) is 1.40. The third-order valence-corrected chi connectivity index (χ3v) is 5.84. The van der Waals surface area contributed by atoms with Crippen LogP contribution < -0.4 is 0 Å². The first-order chi connectivity index (χ1) is 13.2. The van der Waals surface area contributed by atoms with Crippen LogP contribution in [0.15, 0.2) is 18.7 Å². The second-order valence-corrected chi connectivity index (χ2v) is 7.75. The average Bonchev–Trinajstić information content (AvgIpc) is 3.44. The first-order valence-electron chi connectivity index (χ1n) is 10.0. The Bertz CT molecular complexity index is 748. The quantitative estimate of drug-likeness (QED) is 0.768. The molecule has 2 fully saturated rings. The number of likely N-dealkylation sites (tertiary alicyclic amines) is 2. The molecular formula is C19H29N7O. The Morgan fingerprint density at radius 1 is 1.19 bits per heavy atom. The summed E-state index contributed by atoms with van der Waals surface area (Å²) >= 11 is 0. The van der Waals surface area contributed by atoms with E-state index in [-0.39, 0.29) is 11.8 Å². The molecule has 4 heterocycles. The number of imidazole rings is 1. The van der Waals surface area contributed by atoms with E-state index < -0.39 is 0 Å². The Morgan fingerprint density at radius 3 is 2.81 bits per heavy atom. The summed E-state index contributed by atoms with van der Waals surface area (Å²) in [5.41, 5.74) is 0. The van der Waals surface area contributed by atoms with Crippen molar-refractivity contribution >= 4 is 5.91 Å². The summed E-state index contributed by atoms with van der Waals surface area (Å²) in [5, 5.41) is 8.95. The molecule has 2 aromatic heterocycles. The van der Waals surface area contributed by atoms with Crippen LogP contribution in [0, 0.1) is 0 Å². The highest BCUT2D eigenvalue weighted by Gasteiger charge is 2.28. The Hall–Kier alpha value is -2.22. The second kappa shape index (κ2) is 8.21. The number of rotatable bonds is 6. The molecule has 8 heteroatoms. The van der Waals surface area contributed by atoms with Crippen LogP contribution in [0.5, 0.6) is 0 Å². The summed E-state index contributed by atoms with van der Waals surface area (Å²) < 4.78 is 4.11. The van der Waals surface area contributed by atoms with E-state index >= 15 is 0 Å². The maximum absolute atomic E-state index is 12.6. The van der Waals surface area contributed by atoms with E-state index in [4.69, 9.17) is 0 Å². The standard InChI is InChI=1S/C19H29N7O/c1-23-17(14-24-8-2-3-9-24)21-22-19(23)16-5-4-10-26(13-16)18(27)6-11-25-12-7-20-15-25/h7,12,15-16H,2-6,8-11,13-14H2,1H3/t16-/m1/s1. The maximum Gasteiger partial charge on any atom is 0.224 e. The number of carbonyl (C=O) groups is 1. The number of hydrogen-bond donors (Lipinski definition) is 0. The normalized spacial score (nSPS) is 21.1. The van der Waals surface area contributed by atoms with Crippen LogP contribution in [-0.4, -0.2) is 66.2 Å². The smallest absolute Gasteiger partial charge is 0.224 e. The van der Waals surface area contributed by atoms with Gasteiger partial charge >= 0.3 is 0 Å². The van der Waals surface area contributed by atoms with Crippen LogP contribution in [0.3, 0.4) is 0 Å². The molecule has 0 bridgehead atoms. The number of hydrogen-bond acceptors (Lipinski definition) is 5. The Morgan fingerprint density at radius 2 is 2.04 bits per heavy atom. The monoisotopic (exact) mass is 371 g/mol. The summed E-state index contributed by atoms with van der Waals surface area (Å²) in [6, 6.07) is 0. The zero-order valence-corrected chi connectivity index (χ0v) is 16.1. The second-order valence-electron chi connectivity index (χ2n) is 7.75. The van der Waals surface area contributed by atoms with E-state index in [1.165, 1.54) is 12.8 Å². The van der Waals surface area contributed by atoms with Gasteiger partial charge in [-0.15, -0.1) is 10.2 Å². The lowest BCUT2D eigenvalue weighted by molar-refractivity contribution is -0.132. The largest absolute Gasteiger partial charge is 0.342 e. The topological polar surface area (TPSA) is 72.1 Å². The molecule has 0 radical (unpaired) electrons. The molecule has 2 aliphatic rings. The molecule has 2 saturated heterocycles. The zero-order valence-electron chi connectivity index (χ0n) is 16.1. The molecule has 146 valence electrons. The van der Waals surface area contributed by atoms with Gasteiger partial charge in [-0.1, -0.05) is 0 Å². The third-order valence-electron chi connectivity index (χ3n) is 5.84. The van der Waals surface area contributed by atoms with Gasteiger partial charge in [0.15, 0.2) is 0 Å². The van der Waals surface area contributed by atoms with Crippen molar-refractivity contribution < 1.29 is 4.79 Å². The summed E-state index contributed by atoms with van der Waals surface area (Å²) in [7, 11) is 2.07. The molecule has 0 saturated carbocycles. The molecule has 1 amide bonds. The number of aromatic nitrogens is 5. The third kappa shape index (κ3) is 4.21. The van der Waals surface area contributed by atoms with E-state index in [9.17, 15) is 4.79 Å². The number of piperidine rings is 1. The van der Waals surface area contributed by atoms with Gasteiger partial charge in [-0.2, -0.15) is 0 Å². The van der Waals surface area contributed by atoms with Gasteiger partial charge in [0, 0.05) is 51.4 Å². The SMILES string of the molecule is Cn1c(CN2CCCC2)nnc1[C@@H]1CCCN(C(=O)CCn2ccnc2)C1. The van der Waals surface area contributed by atoms with E-state index in [0.717, 1.165) is 57.2 Å². The number of carbonyl (C=O) groups excluding carboxylic acids is 1. The minimum absolute atomic E-state index is 0.216. The molecule has 0 aliphatic carbocycles. The lowest BCUT2D eigenvalue weighted by Crippen LogP contribution is -2.40. The molecular weight excluding hydrogens is 342 g/mol. The minimum Gasteiger partial charge on any atom is -0.342 e. The summed E-state index contributed by atoms with van der Waals surface area (Å²) in [6.07, 6.45) is 10.6. The Labute approximate surface area is 160 Å². The molecule has 2 aliphatic heterocycles. The Balaban J connectivity index is 1.36. The molecule has 27 heavy (non-hydrogen) atoms. The highest BCUT2D eigenvalue weighted by atomic mass is 16.2. The summed E-state index contributed by atoms with van der Waals surface area (Å²) in [6.45, 7) is 5.47. The van der Waals surface area contributed by atoms with Crippen LogP contribution in [0.2, 0.25) is 0 Å². The summed E-state index contributed by atoms with van der Waals surface area (Å²) in [4.78, 5) is 21.1. The van der Waals surface area contributed by atoms with E-state index in [1.54, 1.807) is 12.5 Å². The van der Waals surface area contributed by atoms with Gasteiger partial charge in [-0.25, -0.2) is 4.98 Å². The van der Waals surface area contributed by atoms with Crippen molar-refractivity contribution in [2.24, 2.45) is 7.05 Å². The molecule has 1 atom stereocenters. The highest BCUT2D eigenvalue weighted by Crippen LogP contribution is 2.26. The van der Waals surface area contributed by atoms with E-state index in [0.29, 0.717) is 13.0 Å². The van der Waals surface area contributed by atoms with Crippen LogP contribution >= 0.6 is 0 Å². The van der Waals surface area contributed by atoms with Crippen molar-refractivity contribution in [2.75, 3.05) is 26.2 Å². The molecule has 0 aromatic carbocycles. The zero-order chi connectivity index (χ0) is 18.6. The number of nitrogens with zero attached hydrogens (tertiary/aromatic N) is 7. The first kappa shape index (κ1) is 18.2. The van der Waals surface area contributed by atoms with Gasteiger partial charge < -0.3 is 14.0 Å². The molecule has 2 aromatic rings. The van der Waals surface area contributed by atoms with Gasteiger partial charge in [0.25, 0.3) is 0 Å². The fourth-order valence-electron chi connectivity index (χ4n) is 4.23. The number of amides is 1. The van der Waals surface area contributed by atoms with E-state index in [2.05, 4.69) is 31.7 Å². The molecule has 8 nitrogen and oxygen atoms in total. The maximum atomic E-state index is 12.6. The highest BCUT2D eigenvalue weighted by molar-refractivity contribution is 5.76. The van der Waals surface area contributed by atoms with Crippen molar-refractivity contribution in [3.8, 4) is 0 Å². The van der Waals surface area contributed by atoms with Crippen LogP contribution in [0.25, 0.3) is 0 Å². The predicted molar refractivity (Wildman–Crippen MR) is 101 cm³/mol. The van der Waals surface area contributed by atoms with Crippen LogP contribution in [-0.2, 0) is 24.9 Å². The van der Waals surface area contributed by atoms with Crippen molar-refractivity contribution in [1.82, 2.24) is 34.1 Å². The minimum atomic E-state index is 0.216. The van der Waals surface area contributed by atoms with Crippen molar-refractivity contribution in [3.05, 3.63) is 30.4 Å². The fraction of sp³-hybridized carbons (Fsp3) is 0.684. The lowest BCUT2D eigenvalue weighted by Gasteiger charge is -2.32. The fourth-order valence-corrected chi connectivity index (χ4v) is 4.23. The molecule has 0 spiro atoms. The van der Waals surface area contributed by atoms with Crippen molar-refractivity contribution in [2.45, 2.75) is 51.1 Å². The molecule has 0 N–H and O–H groups in total. The van der Waals surface area contributed by atoms with Gasteiger partial charge in [0.05, 0.1) is 12.9 Å². The van der Waals surface area contributed by atoms with Crippen LogP contribution in [0.4, 0.5) is 0 Å². The van der Waals surface area contributed by atoms with Crippen molar-refractivity contribution in [1.29, 1.82) is 0 Å². The lowest BCUT2D eigenvalue weighted by atomic mass is 9.97. The number of aryl methyl sites for hydroxylation is 1. The van der Waals surface area contributed by atoms with Gasteiger partial charge in [-0.3, -0.25) is 9.69 Å². The Kier molecular flexibility index (Phi) is 5.52.